The molecule has 1 aromatic rings. The molecule has 2 atom stereocenters. The van der Waals surface area contributed by atoms with Gasteiger partial charge in [-0.3, -0.25) is 0 Å². The second kappa shape index (κ2) is 7.13. The summed E-state index contributed by atoms with van der Waals surface area (Å²) in [6.45, 7) is 4.25. The van der Waals surface area contributed by atoms with E-state index in [0.717, 1.165) is 12.0 Å². The number of carbonyl (C=O) groups excluding carboxylic acids is 1. The van der Waals surface area contributed by atoms with E-state index in [4.69, 9.17) is 4.74 Å². The van der Waals surface area contributed by atoms with E-state index in [1.54, 1.807) is 24.3 Å². The van der Waals surface area contributed by atoms with Crippen molar-refractivity contribution in [3.63, 3.8) is 0 Å². The second-order valence-corrected chi connectivity index (χ2v) is 4.18. The number of rotatable bonds is 6. The Morgan fingerprint density at radius 2 is 1.94 bits per heavy atom. The molecule has 0 saturated carbocycles. The van der Waals surface area contributed by atoms with Gasteiger partial charge in [-0.1, -0.05) is 19.1 Å². The topological polar surface area (TPSA) is 55.8 Å². The van der Waals surface area contributed by atoms with Crippen LogP contribution in [0, 0.1) is 0 Å². The van der Waals surface area contributed by atoms with Crippen LogP contribution in [-0.2, 0) is 9.47 Å². The van der Waals surface area contributed by atoms with E-state index in [1.165, 1.54) is 7.11 Å². The SMILES string of the molecule is CCC(C)OCC(O)c1ccc(C(=O)OC)cc1. The van der Waals surface area contributed by atoms with Gasteiger partial charge in [0.05, 0.1) is 25.4 Å². The van der Waals surface area contributed by atoms with E-state index in [-0.39, 0.29) is 18.7 Å². The van der Waals surface area contributed by atoms with E-state index in [2.05, 4.69) is 4.74 Å². The van der Waals surface area contributed by atoms with Crippen LogP contribution in [-0.4, -0.2) is 30.9 Å². The van der Waals surface area contributed by atoms with Crippen molar-refractivity contribution in [3.05, 3.63) is 35.4 Å². The Labute approximate surface area is 108 Å². The number of hydrogen-bond donors (Lipinski definition) is 1. The van der Waals surface area contributed by atoms with Crippen molar-refractivity contribution in [3.8, 4) is 0 Å². The number of esters is 1. The third-order valence-electron chi connectivity index (χ3n) is 2.83. The summed E-state index contributed by atoms with van der Waals surface area (Å²) in [5, 5.41) is 9.91. The molecule has 1 aromatic carbocycles. The molecule has 0 saturated heterocycles. The molecule has 0 aliphatic carbocycles. The Bertz CT molecular complexity index is 372. The van der Waals surface area contributed by atoms with Crippen molar-refractivity contribution >= 4 is 5.97 Å². The van der Waals surface area contributed by atoms with Gasteiger partial charge in [-0.2, -0.15) is 0 Å². The Morgan fingerprint density at radius 3 is 2.44 bits per heavy atom. The average Bonchev–Trinajstić information content (AvgIpc) is 2.43. The minimum atomic E-state index is -0.675. The highest BCUT2D eigenvalue weighted by atomic mass is 16.5. The maximum absolute atomic E-state index is 11.2. The molecule has 1 N–H and O–H groups in total. The Kier molecular flexibility index (Phi) is 5.82. The van der Waals surface area contributed by atoms with Gasteiger partial charge in [-0.05, 0) is 31.0 Å². The lowest BCUT2D eigenvalue weighted by atomic mass is 10.1. The summed E-state index contributed by atoms with van der Waals surface area (Å²) in [6, 6.07) is 6.68. The molecule has 18 heavy (non-hydrogen) atoms. The van der Waals surface area contributed by atoms with Gasteiger partial charge in [0, 0.05) is 0 Å². The minimum Gasteiger partial charge on any atom is -0.465 e. The highest BCUT2D eigenvalue weighted by Gasteiger charge is 2.11. The zero-order chi connectivity index (χ0) is 13.5. The molecule has 0 bridgehead atoms. The van der Waals surface area contributed by atoms with Crippen molar-refractivity contribution < 1.29 is 19.4 Å². The summed E-state index contributed by atoms with van der Waals surface area (Å²) in [5.74, 6) is -0.383. The van der Waals surface area contributed by atoms with Gasteiger partial charge < -0.3 is 14.6 Å². The van der Waals surface area contributed by atoms with Crippen LogP contribution in [0.2, 0.25) is 0 Å². The maximum Gasteiger partial charge on any atom is 0.337 e. The monoisotopic (exact) mass is 252 g/mol. The van der Waals surface area contributed by atoms with Gasteiger partial charge in [-0.25, -0.2) is 4.79 Å². The molecular weight excluding hydrogens is 232 g/mol. The fourth-order valence-corrected chi connectivity index (χ4v) is 1.43. The average molecular weight is 252 g/mol. The van der Waals surface area contributed by atoms with Crippen molar-refractivity contribution in [2.75, 3.05) is 13.7 Å². The normalized spacial score (nSPS) is 14.0. The van der Waals surface area contributed by atoms with Crippen molar-refractivity contribution in [2.24, 2.45) is 0 Å². The third kappa shape index (κ3) is 4.13. The number of carbonyl (C=O) groups is 1. The van der Waals surface area contributed by atoms with Crippen LogP contribution in [0.1, 0.15) is 42.3 Å². The lowest BCUT2D eigenvalue weighted by Gasteiger charge is -2.15. The number of hydrogen-bond acceptors (Lipinski definition) is 4. The van der Waals surface area contributed by atoms with Gasteiger partial charge in [0.1, 0.15) is 6.10 Å². The largest absolute Gasteiger partial charge is 0.465 e. The van der Waals surface area contributed by atoms with Crippen LogP contribution in [0.5, 0.6) is 0 Å². The third-order valence-corrected chi connectivity index (χ3v) is 2.83. The molecule has 4 heteroatoms. The number of benzene rings is 1. The zero-order valence-corrected chi connectivity index (χ0v) is 11.1. The number of ether oxygens (including phenoxy) is 2. The van der Waals surface area contributed by atoms with E-state index >= 15 is 0 Å². The summed E-state index contributed by atoms with van der Waals surface area (Å²) >= 11 is 0. The van der Waals surface area contributed by atoms with Gasteiger partial charge in [-0.15, -0.1) is 0 Å². The van der Waals surface area contributed by atoms with Gasteiger partial charge in [0.2, 0.25) is 0 Å². The van der Waals surface area contributed by atoms with Crippen LogP contribution in [0.25, 0.3) is 0 Å². The van der Waals surface area contributed by atoms with Crippen LogP contribution < -0.4 is 0 Å². The number of aliphatic hydroxyl groups is 1. The summed E-state index contributed by atoms with van der Waals surface area (Å²) in [7, 11) is 1.34. The van der Waals surface area contributed by atoms with E-state index < -0.39 is 6.10 Å². The summed E-state index contributed by atoms with van der Waals surface area (Å²) in [5.41, 5.74) is 1.20. The lowest BCUT2D eigenvalue weighted by molar-refractivity contribution is -0.00375. The van der Waals surface area contributed by atoms with E-state index in [1.807, 2.05) is 13.8 Å². The molecule has 0 heterocycles. The first-order valence-corrected chi connectivity index (χ1v) is 6.06. The highest BCUT2D eigenvalue weighted by Crippen LogP contribution is 2.15. The molecule has 0 amide bonds. The highest BCUT2D eigenvalue weighted by molar-refractivity contribution is 5.89. The van der Waals surface area contributed by atoms with Gasteiger partial charge >= 0.3 is 5.97 Å². The number of methoxy groups -OCH3 is 1. The molecule has 4 nitrogen and oxygen atoms in total. The molecular formula is C14H20O4. The Morgan fingerprint density at radius 1 is 1.33 bits per heavy atom. The summed E-state index contributed by atoms with van der Waals surface area (Å²) in [6.07, 6.45) is 0.369. The zero-order valence-electron chi connectivity index (χ0n) is 11.1. The fourth-order valence-electron chi connectivity index (χ4n) is 1.43. The number of aliphatic hydroxyl groups excluding tert-OH is 1. The fraction of sp³-hybridized carbons (Fsp3) is 0.500. The standard InChI is InChI=1S/C14H20O4/c1-4-10(2)18-9-13(15)11-5-7-12(8-6-11)14(16)17-3/h5-8,10,13,15H,4,9H2,1-3H3. The van der Waals surface area contributed by atoms with Crippen LogP contribution in [0.3, 0.4) is 0 Å². The first-order chi connectivity index (χ1) is 8.58. The van der Waals surface area contributed by atoms with Crippen LogP contribution >= 0.6 is 0 Å². The predicted molar refractivity (Wildman–Crippen MR) is 68.4 cm³/mol. The molecule has 0 fully saturated rings. The van der Waals surface area contributed by atoms with Crippen molar-refractivity contribution in [1.29, 1.82) is 0 Å². The molecule has 0 aliphatic rings. The molecule has 1 rings (SSSR count). The van der Waals surface area contributed by atoms with Crippen molar-refractivity contribution in [2.45, 2.75) is 32.5 Å². The molecule has 2 unspecified atom stereocenters. The molecule has 0 radical (unpaired) electrons. The lowest BCUT2D eigenvalue weighted by Crippen LogP contribution is -2.14. The first-order valence-electron chi connectivity index (χ1n) is 6.06. The van der Waals surface area contributed by atoms with Crippen molar-refractivity contribution in [1.82, 2.24) is 0 Å². The van der Waals surface area contributed by atoms with Crippen LogP contribution in [0.15, 0.2) is 24.3 Å². The second-order valence-electron chi connectivity index (χ2n) is 4.18. The maximum atomic E-state index is 11.2. The molecule has 100 valence electrons. The quantitative estimate of drug-likeness (QED) is 0.789. The predicted octanol–water partition coefficient (Wildman–Crippen LogP) is 2.32. The Balaban J connectivity index is 2.59. The van der Waals surface area contributed by atoms with E-state index in [9.17, 15) is 9.90 Å². The smallest absolute Gasteiger partial charge is 0.337 e. The summed E-state index contributed by atoms with van der Waals surface area (Å²) < 4.78 is 10.1. The molecule has 0 spiro atoms. The van der Waals surface area contributed by atoms with Gasteiger partial charge in [0.25, 0.3) is 0 Å². The molecule has 0 aliphatic heterocycles. The van der Waals surface area contributed by atoms with Gasteiger partial charge in [0.15, 0.2) is 0 Å². The summed E-state index contributed by atoms with van der Waals surface area (Å²) in [4.78, 5) is 11.2. The Hall–Kier alpha value is -1.39. The minimum absolute atomic E-state index is 0.133. The molecule has 0 aromatic heterocycles. The van der Waals surface area contributed by atoms with Crippen LogP contribution in [0.4, 0.5) is 0 Å². The van der Waals surface area contributed by atoms with E-state index in [0.29, 0.717) is 5.56 Å². The first kappa shape index (κ1) is 14.7.